The van der Waals surface area contributed by atoms with Crippen LogP contribution in [0, 0.1) is 11.3 Å². The summed E-state index contributed by atoms with van der Waals surface area (Å²) < 4.78 is 6.41. The summed E-state index contributed by atoms with van der Waals surface area (Å²) in [4.78, 5) is 25.9. The quantitative estimate of drug-likeness (QED) is 0.0912. The predicted octanol–water partition coefficient (Wildman–Crippen LogP) is 8.95. The van der Waals surface area contributed by atoms with Gasteiger partial charge in [0.15, 0.2) is 6.10 Å². The highest BCUT2D eigenvalue weighted by atomic mass is 16.5. The molecule has 8 heteroatoms. The lowest BCUT2D eigenvalue weighted by Gasteiger charge is -2.21. The van der Waals surface area contributed by atoms with Crippen molar-refractivity contribution in [1.82, 2.24) is 0 Å². The van der Waals surface area contributed by atoms with Crippen molar-refractivity contribution in [3.63, 3.8) is 0 Å². The van der Waals surface area contributed by atoms with Crippen LogP contribution in [0.25, 0.3) is 0 Å². The van der Waals surface area contributed by atoms with Gasteiger partial charge in [0.1, 0.15) is 11.5 Å². The Hall–Kier alpha value is -4.51. The van der Waals surface area contributed by atoms with Gasteiger partial charge in [-0.2, -0.15) is 5.26 Å². The Morgan fingerprint density at radius 3 is 2.14 bits per heavy atom. The Balaban J connectivity index is 1.69. The molecule has 3 rings (SSSR count). The van der Waals surface area contributed by atoms with E-state index < -0.39 is 12.1 Å². The summed E-state index contributed by atoms with van der Waals surface area (Å²) in [5, 5.41) is 27.6. The van der Waals surface area contributed by atoms with Crippen molar-refractivity contribution in [3.8, 4) is 17.6 Å². The first-order chi connectivity index (χ1) is 21.4. The summed E-state index contributed by atoms with van der Waals surface area (Å²) in [7, 11) is 0. The Morgan fingerprint density at radius 2 is 1.48 bits per heavy atom. The number of benzene rings is 3. The first kappa shape index (κ1) is 34.0. The smallest absolute Gasteiger partial charge is 0.323 e. The van der Waals surface area contributed by atoms with Crippen molar-refractivity contribution in [2.24, 2.45) is 0 Å². The SMILES string of the molecule is CCCCCc1ccc(OC(CCCC)C(=O)Nc2ccc(NC(=O)Nc3ccc(C#N)cc3)c(O)c2)c(CCCCC)c1. The van der Waals surface area contributed by atoms with Crippen molar-refractivity contribution in [2.45, 2.75) is 97.5 Å². The monoisotopic (exact) mass is 598 g/mol. The number of aromatic hydroxyl groups is 1. The molecule has 0 aliphatic rings. The number of carbonyl (C=O) groups is 2. The number of rotatable bonds is 17. The van der Waals surface area contributed by atoms with E-state index in [1.807, 2.05) is 12.1 Å². The zero-order valence-corrected chi connectivity index (χ0v) is 26.2. The summed E-state index contributed by atoms with van der Waals surface area (Å²) in [5.74, 6) is 0.275. The fraction of sp³-hybridized carbons (Fsp3) is 0.417. The number of anilines is 3. The van der Waals surface area contributed by atoms with Crippen LogP contribution in [-0.4, -0.2) is 23.1 Å². The number of nitriles is 1. The molecule has 4 N–H and O–H groups in total. The highest BCUT2D eigenvalue weighted by Crippen LogP contribution is 2.29. The molecule has 0 aromatic heterocycles. The molecule has 1 unspecified atom stereocenters. The van der Waals surface area contributed by atoms with Crippen LogP contribution >= 0.6 is 0 Å². The van der Waals surface area contributed by atoms with Gasteiger partial charge < -0.3 is 25.8 Å². The summed E-state index contributed by atoms with van der Waals surface area (Å²) in [6.07, 6.45) is 10.5. The molecule has 0 bridgehead atoms. The van der Waals surface area contributed by atoms with Crippen molar-refractivity contribution in [2.75, 3.05) is 16.0 Å². The Bertz CT molecular complexity index is 1400. The van der Waals surface area contributed by atoms with Crippen LogP contribution in [0.3, 0.4) is 0 Å². The average molecular weight is 599 g/mol. The summed E-state index contributed by atoms with van der Waals surface area (Å²) in [6, 6.07) is 18.8. The third-order valence-corrected chi connectivity index (χ3v) is 7.41. The molecule has 8 nitrogen and oxygen atoms in total. The van der Waals surface area contributed by atoms with Crippen LogP contribution in [0.15, 0.2) is 60.7 Å². The van der Waals surface area contributed by atoms with Gasteiger partial charge in [-0.25, -0.2) is 4.79 Å². The molecule has 44 heavy (non-hydrogen) atoms. The van der Waals surface area contributed by atoms with E-state index >= 15 is 0 Å². The molecule has 234 valence electrons. The van der Waals surface area contributed by atoms with E-state index in [9.17, 15) is 14.7 Å². The number of phenols is 1. The van der Waals surface area contributed by atoms with Gasteiger partial charge in [-0.15, -0.1) is 0 Å². The van der Waals surface area contributed by atoms with E-state index in [2.05, 4.69) is 48.9 Å². The second-order valence-electron chi connectivity index (χ2n) is 11.1. The molecule has 0 spiro atoms. The van der Waals surface area contributed by atoms with Gasteiger partial charge in [0.2, 0.25) is 0 Å². The third kappa shape index (κ3) is 11.0. The molecule has 0 radical (unpaired) electrons. The fourth-order valence-electron chi connectivity index (χ4n) is 4.88. The maximum atomic E-state index is 13.4. The predicted molar refractivity (Wildman–Crippen MR) is 177 cm³/mol. The second kappa shape index (κ2) is 18.2. The Kier molecular flexibility index (Phi) is 14.1. The first-order valence-corrected chi connectivity index (χ1v) is 15.9. The largest absolute Gasteiger partial charge is 0.506 e. The van der Waals surface area contributed by atoms with Gasteiger partial charge in [-0.05, 0) is 92.1 Å². The zero-order chi connectivity index (χ0) is 31.7. The average Bonchev–Trinajstić information content (AvgIpc) is 3.02. The van der Waals surface area contributed by atoms with Crippen LogP contribution in [0.5, 0.6) is 11.5 Å². The molecule has 0 fully saturated rings. The maximum Gasteiger partial charge on any atom is 0.323 e. The second-order valence-corrected chi connectivity index (χ2v) is 11.1. The Labute approximate surface area is 261 Å². The molecule has 0 aliphatic heterocycles. The minimum absolute atomic E-state index is 0.184. The zero-order valence-electron chi connectivity index (χ0n) is 26.2. The molecule has 1 atom stereocenters. The molecule has 3 aromatic rings. The molecule has 3 amide bonds. The van der Waals surface area contributed by atoms with Crippen LogP contribution in [0.2, 0.25) is 0 Å². The summed E-state index contributed by atoms with van der Waals surface area (Å²) >= 11 is 0. The van der Waals surface area contributed by atoms with E-state index in [1.54, 1.807) is 30.3 Å². The lowest BCUT2D eigenvalue weighted by atomic mass is 10.00. The van der Waals surface area contributed by atoms with Crippen LogP contribution in [0.4, 0.5) is 21.9 Å². The van der Waals surface area contributed by atoms with Gasteiger partial charge in [0.05, 0.1) is 17.3 Å². The molecule has 3 aromatic carbocycles. The van der Waals surface area contributed by atoms with Crippen molar-refractivity contribution in [1.29, 1.82) is 5.26 Å². The number of aryl methyl sites for hydroxylation is 2. The number of phenolic OH excluding ortho intramolecular Hbond substituents is 1. The number of carbonyl (C=O) groups excluding carboxylic acids is 2. The number of nitrogens with one attached hydrogen (secondary N) is 3. The first-order valence-electron chi connectivity index (χ1n) is 15.9. The van der Waals surface area contributed by atoms with Crippen molar-refractivity contribution >= 4 is 29.0 Å². The van der Waals surface area contributed by atoms with E-state index in [1.165, 1.54) is 30.5 Å². The van der Waals surface area contributed by atoms with E-state index in [0.29, 0.717) is 23.4 Å². The topological polar surface area (TPSA) is 123 Å². The van der Waals surface area contributed by atoms with E-state index in [4.69, 9.17) is 10.00 Å². The molecule has 0 saturated heterocycles. The maximum absolute atomic E-state index is 13.4. The lowest BCUT2D eigenvalue weighted by molar-refractivity contribution is -0.123. The Morgan fingerprint density at radius 1 is 0.795 bits per heavy atom. The highest BCUT2D eigenvalue weighted by molar-refractivity contribution is 6.01. The molecule has 0 aliphatic carbocycles. The number of hydrogen-bond donors (Lipinski definition) is 4. The normalized spacial score (nSPS) is 11.3. The van der Waals surface area contributed by atoms with Crippen molar-refractivity contribution < 1.29 is 19.4 Å². The minimum Gasteiger partial charge on any atom is -0.506 e. The van der Waals surface area contributed by atoms with Gasteiger partial charge in [-0.3, -0.25) is 4.79 Å². The number of hydrogen-bond acceptors (Lipinski definition) is 5. The number of ether oxygens (including phenoxy) is 1. The molecular weight excluding hydrogens is 552 g/mol. The lowest BCUT2D eigenvalue weighted by Crippen LogP contribution is -2.33. The van der Waals surface area contributed by atoms with Crippen LogP contribution in [0.1, 0.15) is 95.2 Å². The molecule has 0 heterocycles. The molecular formula is C36H46N4O4. The van der Waals surface area contributed by atoms with E-state index in [0.717, 1.165) is 62.7 Å². The third-order valence-electron chi connectivity index (χ3n) is 7.41. The number of unbranched alkanes of at least 4 members (excludes halogenated alkanes) is 5. The van der Waals surface area contributed by atoms with Gasteiger partial charge >= 0.3 is 6.03 Å². The fourth-order valence-corrected chi connectivity index (χ4v) is 4.88. The van der Waals surface area contributed by atoms with Gasteiger partial charge in [0.25, 0.3) is 5.91 Å². The number of nitrogens with zero attached hydrogens (tertiary/aromatic N) is 1. The highest BCUT2D eigenvalue weighted by Gasteiger charge is 2.22. The number of amides is 3. The van der Waals surface area contributed by atoms with Gasteiger partial charge in [-0.1, -0.05) is 65.0 Å². The van der Waals surface area contributed by atoms with Crippen LogP contribution in [-0.2, 0) is 17.6 Å². The minimum atomic E-state index is -0.691. The van der Waals surface area contributed by atoms with E-state index in [-0.39, 0.29) is 17.3 Å². The summed E-state index contributed by atoms with van der Waals surface area (Å²) in [5.41, 5.74) is 4.02. The number of urea groups is 1. The van der Waals surface area contributed by atoms with Crippen molar-refractivity contribution in [3.05, 3.63) is 77.4 Å². The van der Waals surface area contributed by atoms with Gasteiger partial charge in [0, 0.05) is 17.4 Å². The molecule has 0 saturated carbocycles. The summed E-state index contributed by atoms with van der Waals surface area (Å²) in [6.45, 7) is 6.48. The standard InChI is InChI=1S/C36H46N4O4/c1-4-7-10-12-26-17-22-33(28(23-26)13-11-8-5-2)44-34(14-9-6-3)35(42)38-30-20-21-31(32(41)24-30)40-36(43)39-29-18-15-27(25-37)16-19-29/h15-24,34,41H,4-14H2,1-3H3,(H,38,42)(H2,39,40,43). The van der Waals surface area contributed by atoms with Crippen LogP contribution < -0.4 is 20.7 Å².